The van der Waals surface area contributed by atoms with Crippen LogP contribution in [0.1, 0.15) is 0 Å². The van der Waals surface area contributed by atoms with E-state index in [4.69, 9.17) is 33.8 Å². The molecule has 0 fully saturated rings. The summed E-state index contributed by atoms with van der Waals surface area (Å²) in [5, 5.41) is 2.78. The maximum atomic E-state index is 6.67. The van der Waals surface area contributed by atoms with Crippen molar-refractivity contribution in [1.29, 1.82) is 0 Å². The molecule has 0 amide bonds. The zero-order valence-corrected chi connectivity index (χ0v) is 33.1. The van der Waals surface area contributed by atoms with Gasteiger partial charge in [0.25, 0.3) is 0 Å². The molecule has 0 aliphatic carbocycles. The summed E-state index contributed by atoms with van der Waals surface area (Å²) < 4.78 is 13.2. The highest BCUT2D eigenvalue weighted by molar-refractivity contribution is 6.16. The first kappa shape index (κ1) is 35.4. The van der Waals surface area contributed by atoms with E-state index in [0.717, 1.165) is 94.2 Å². The SMILES string of the molecule is c1ccc(-c2ccc(-c3nc(-c4ccccc4)nc(-c4cccc5oc6ccc(-c7cccc8oc9c(-c%10ccccc%10)nc(-c%10ccccc%10)nc9c78)cc6c45)n3)cc2)cc1. The average molecular weight is 796 g/mol. The lowest BCUT2D eigenvalue weighted by Gasteiger charge is -2.10. The van der Waals surface area contributed by atoms with Crippen LogP contribution in [-0.2, 0) is 0 Å². The first-order valence-corrected chi connectivity index (χ1v) is 20.5. The minimum absolute atomic E-state index is 0.557. The van der Waals surface area contributed by atoms with Crippen molar-refractivity contribution in [1.82, 2.24) is 24.9 Å². The predicted octanol–water partition coefficient (Wildman–Crippen LogP) is 14.1. The molecule has 12 rings (SSSR count). The highest BCUT2D eigenvalue weighted by atomic mass is 16.3. The Hall–Kier alpha value is -8.55. The molecule has 62 heavy (non-hydrogen) atoms. The second-order valence-corrected chi connectivity index (χ2v) is 15.2. The third kappa shape index (κ3) is 6.11. The van der Waals surface area contributed by atoms with Gasteiger partial charge in [0.1, 0.15) is 28.0 Å². The van der Waals surface area contributed by atoms with Crippen molar-refractivity contribution in [3.8, 4) is 79.1 Å². The fraction of sp³-hybridized carbons (Fsp3) is 0. The van der Waals surface area contributed by atoms with Crippen LogP contribution in [0.15, 0.2) is 209 Å². The maximum Gasteiger partial charge on any atom is 0.180 e. The summed E-state index contributed by atoms with van der Waals surface area (Å²) in [7, 11) is 0. The summed E-state index contributed by atoms with van der Waals surface area (Å²) in [5.74, 6) is 2.37. The van der Waals surface area contributed by atoms with Gasteiger partial charge in [0, 0.05) is 38.6 Å². The number of rotatable bonds is 7. The Morgan fingerprint density at radius 3 is 1.42 bits per heavy atom. The van der Waals surface area contributed by atoms with Crippen molar-refractivity contribution in [2.45, 2.75) is 0 Å². The molecule has 4 aromatic heterocycles. The molecule has 0 unspecified atom stereocenters. The second-order valence-electron chi connectivity index (χ2n) is 15.2. The van der Waals surface area contributed by atoms with Crippen LogP contribution >= 0.6 is 0 Å². The molecule has 0 aliphatic heterocycles. The van der Waals surface area contributed by atoms with E-state index in [1.807, 2.05) is 115 Å². The van der Waals surface area contributed by atoms with Gasteiger partial charge in [-0.1, -0.05) is 176 Å². The highest BCUT2D eigenvalue weighted by Crippen LogP contribution is 2.43. The van der Waals surface area contributed by atoms with Crippen LogP contribution in [0.5, 0.6) is 0 Å². The number of hydrogen-bond donors (Lipinski definition) is 0. The van der Waals surface area contributed by atoms with Crippen LogP contribution in [0, 0.1) is 0 Å². The molecule has 0 N–H and O–H groups in total. The number of fused-ring (bicyclic) bond motifs is 6. The molecule has 0 saturated heterocycles. The minimum atomic E-state index is 0.557. The Kier molecular flexibility index (Phi) is 8.35. The standard InChI is InChI=1S/C55H33N5O2/c1-5-15-34(16-6-1)35-27-29-39(30-28-35)54-58-53(38-21-11-4-12-22-38)59-55(60-54)42-24-14-25-45-47(42)43-33-40(31-32-44(43)61-45)41-23-13-26-46-48(41)50-51(62-46)49(36-17-7-2-8-18-36)56-52(57-50)37-19-9-3-10-20-37/h1-33H. The molecule has 4 heterocycles. The first-order chi connectivity index (χ1) is 30.7. The lowest BCUT2D eigenvalue weighted by molar-refractivity contribution is 0.667. The van der Waals surface area contributed by atoms with E-state index in [1.54, 1.807) is 0 Å². The van der Waals surface area contributed by atoms with Crippen molar-refractivity contribution in [2.75, 3.05) is 0 Å². The number of nitrogens with zero attached hydrogens (tertiary/aromatic N) is 5. The van der Waals surface area contributed by atoms with Crippen LogP contribution in [0.2, 0.25) is 0 Å². The maximum absolute atomic E-state index is 6.67. The second kappa shape index (κ2) is 14.6. The lowest BCUT2D eigenvalue weighted by atomic mass is 9.97. The number of hydrogen-bond acceptors (Lipinski definition) is 7. The number of aromatic nitrogens is 5. The predicted molar refractivity (Wildman–Crippen MR) is 248 cm³/mol. The van der Waals surface area contributed by atoms with Gasteiger partial charge in [0.2, 0.25) is 0 Å². The smallest absolute Gasteiger partial charge is 0.180 e. The number of benzene rings is 8. The summed E-state index contributed by atoms with van der Waals surface area (Å²) in [6.07, 6.45) is 0. The van der Waals surface area contributed by atoms with E-state index in [1.165, 1.54) is 0 Å². The molecular formula is C55H33N5O2. The van der Waals surface area contributed by atoms with Gasteiger partial charge in [-0.2, -0.15) is 0 Å². The van der Waals surface area contributed by atoms with Gasteiger partial charge in [0.15, 0.2) is 28.9 Å². The van der Waals surface area contributed by atoms with Gasteiger partial charge >= 0.3 is 0 Å². The summed E-state index contributed by atoms with van der Waals surface area (Å²) in [6.45, 7) is 0. The Bertz CT molecular complexity index is 3610. The van der Waals surface area contributed by atoms with E-state index in [0.29, 0.717) is 28.9 Å². The van der Waals surface area contributed by atoms with Crippen LogP contribution in [-0.4, -0.2) is 24.9 Å². The Morgan fingerprint density at radius 2 is 0.774 bits per heavy atom. The molecule has 0 radical (unpaired) electrons. The van der Waals surface area contributed by atoms with Gasteiger partial charge in [0.05, 0.1) is 5.39 Å². The molecule has 7 heteroatoms. The van der Waals surface area contributed by atoms with Crippen LogP contribution in [0.25, 0.3) is 123 Å². The molecule has 0 aliphatic rings. The Labute approximate surface area is 355 Å². The Balaban J connectivity index is 1.04. The zero-order valence-electron chi connectivity index (χ0n) is 33.1. The molecule has 0 spiro atoms. The first-order valence-electron chi connectivity index (χ1n) is 20.5. The summed E-state index contributed by atoms with van der Waals surface area (Å²) in [6, 6.07) is 67.6. The summed E-state index contributed by atoms with van der Waals surface area (Å²) in [5.41, 5.74) is 13.2. The Morgan fingerprint density at radius 1 is 0.290 bits per heavy atom. The molecular weight excluding hydrogens is 763 g/mol. The molecule has 0 atom stereocenters. The van der Waals surface area contributed by atoms with Gasteiger partial charge in [-0.05, 0) is 46.5 Å². The number of furan rings is 2. The molecule has 0 saturated carbocycles. The highest BCUT2D eigenvalue weighted by Gasteiger charge is 2.23. The van der Waals surface area contributed by atoms with Gasteiger partial charge in [-0.3, -0.25) is 0 Å². The lowest BCUT2D eigenvalue weighted by Crippen LogP contribution is -2.00. The third-order valence-corrected chi connectivity index (χ3v) is 11.4. The molecule has 8 aromatic carbocycles. The average Bonchev–Trinajstić information content (AvgIpc) is 3.93. The van der Waals surface area contributed by atoms with Crippen molar-refractivity contribution in [3.63, 3.8) is 0 Å². The van der Waals surface area contributed by atoms with E-state index in [-0.39, 0.29) is 0 Å². The van der Waals surface area contributed by atoms with Gasteiger partial charge in [-0.15, -0.1) is 0 Å². The van der Waals surface area contributed by atoms with E-state index in [9.17, 15) is 0 Å². The zero-order chi connectivity index (χ0) is 41.0. The molecule has 12 aromatic rings. The third-order valence-electron chi connectivity index (χ3n) is 11.4. The topological polar surface area (TPSA) is 90.7 Å². The summed E-state index contributed by atoms with van der Waals surface area (Å²) >= 11 is 0. The van der Waals surface area contributed by atoms with Crippen LogP contribution in [0.4, 0.5) is 0 Å². The quantitative estimate of drug-likeness (QED) is 0.159. The van der Waals surface area contributed by atoms with Crippen molar-refractivity contribution >= 4 is 44.0 Å². The molecule has 0 bridgehead atoms. The van der Waals surface area contributed by atoms with Crippen LogP contribution in [0.3, 0.4) is 0 Å². The molecule has 290 valence electrons. The van der Waals surface area contributed by atoms with E-state index < -0.39 is 0 Å². The fourth-order valence-electron chi connectivity index (χ4n) is 8.40. The monoisotopic (exact) mass is 795 g/mol. The normalized spacial score (nSPS) is 11.5. The summed E-state index contributed by atoms with van der Waals surface area (Å²) in [4.78, 5) is 25.6. The van der Waals surface area contributed by atoms with Crippen molar-refractivity contribution < 1.29 is 8.83 Å². The molecule has 7 nitrogen and oxygen atoms in total. The van der Waals surface area contributed by atoms with E-state index in [2.05, 4.69) is 84.9 Å². The minimum Gasteiger partial charge on any atom is -0.456 e. The van der Waals surface area contributed by atoms with Crippen molar-refractivity contribution in [3.05, 3.63) is 200 Å². The van der Waals surface area contributed by atoms with Crippen molar-refractivity contribution in [2.24, 2.45) is 0 Å². The van der Waals surface area contributed by atoms with E-state index >= 15 is 0 Å². The fourth-order valence-corrected chi connectivity index (χ4v) is 8.40. The van der Waals surface area contributed by atoms with Gasteiger partial charge in [-0.25, -0.2) is 24.9 Å². The van der Waals surface area contributed by atoms with Gasteiger partial charge < -0.3 is 8.83 Å². The largest absolute Gasteiger partial charge is 0.456 e. The van der Waals surface area contributed by atoms with Crippen LogP contribution < -0.4 is 0 Å².